The van der Waals surface area contributed by atoms with Gasteiger partial charge in [0.2, 0.25) is 10.0 Å². The molecule has 0 spiro atoms. The van der Waals surface area contributed by atoms with E-state index in [1.807, 2.05) is 57.2 Å². The van der Waals surface area contributed by atoms with Crippen molar-refractivity contribution in [2.75, 3.05) is 11.9 Å². The fraction of sp³-hybridized carbons (Fsp3) is 0.240. The molecule has 0 aromatic heterocycles. The zero-order chi connectivity index (χ0) is 22.2. The molecule has 5 nitrogen and oxygen atoms in total. The van der Waals surface area contributed by atoms with Crippen LogP contribution in [0, 0.1) is 20.8 Å². The fourth-order valence-corrected chi connectivity index (χ4v) is 5.65. The molecule has 0 unspecified atom stereocenters. The second-order valence-corrected chi connectivity index (χ2v) is 10.1. The molecule has 3 aromatic rings. The maximum atomic E-state index is 13.3. The van der Waals surface area contributed by atoms with Gasteiger partial charge in [0.25, 0.3) is 5.91 Å². The van der Waals surface area contributed by atoms with Crippen molar-refractivity contribution < 1.29 is 13.2 Å². The molecular formula is C25H26N2O3S. The molecule has 1 N–H and O–H groups in total. The van der Waals surface area contributed by atoms with Crippen LogP contribution >= 0.6 is 0 Å². The van der Waals surface area contributed by atoms with E-state index in [-0.39, 0.29) is 10.8 Å². The lowest BCUT2D eigenvalue weighted by Crippen LogP contribution is -2.36. The van der Waals surface area contributed by atoms with E-state index in [4.69, 9.17) is 0 Å². The fourth-order valence-electron chi connectivity index (χ4n) is 4.18. The highest BCUT2D eigenvalue weighted by Crippen LogP contribution is 2.26. The highest BCUT2D eigenvalue weighted by molar-refractivity contribution is 7.89. The Bertz CT molecular complexity index is 1240. The quantitative estimate of drug-likeness (QED) is 0.652. The van der Waals surface area contributed by atoms with Gasteiger partial charge >= 0.3 is 0 Å². The summed E-state index contributed by atoms with van der Waals surface area (Å²) < 4.78 is 28.0. The molecule has 0 saturated carbocycles. The van der Waals surface area contributed by atoms with Crippen LogP contribution in [0.3, 0.4) is 0 Å². The number of hydrogen-bond acceptors (Lipinski definition) is 3. The van der Waals surface area contributed by atoms with E-state index in [1.54, 1.807) is 18.2 Å². The Morgan fingerprint density at radius 2 is 1.58 bits per heavy atom. The minimum atomic E-state index is -3.70. The Labute approximate surface area is 183 Å². The Morgan fingerprint density at radius 3 is 2.29 bits per heavy atom. The predicted molar refractivity (Wildman–Crippen MR) is 123 cm³/mol. The van der Waals surface area contributed by atoms with E-state index in [1.165, 1.54) is 15.9 Å². The molecule has 160 valence electrons. The van der Waals surface area contributed by atoms with Gasteiger partial charge in [0.05, 0.1) is 4.90 Å². The summed E-state index contributed by atoms with van der Waals surface area (Å²) in [5.41, 5.74) is 6.37. The molecule has 0 bridgehead atoms. The number of amides is 1. The number of hydrogen-bond donors (Lipinski definition) is 1. The number of rotatable bonds is 4. The van der Waals surface area contributed by atoms with Gasteiger partial charge in [0.15, 0.2) is 0 Å². The van der Waals surface area contributed by atoms with Gasteiger partial charge in [-0.1, -0.05) is 48.0 Å². The van der Waals surface area contributed by atoms with Crippen molar-refractivity contribution in [3.8, 4) is 0 Å². The lowest BCUT2D eigenvalue weighted by atomic mass is 10.0. The minimum absolute atomic E-state index is 0.136. The summed E-state index contributed by atoms with van der Waals surface area (Å²) in [6.45, 7) is 6.68. The minimum Gasteiger partial charge on any atom is -0.322 e. The van der Waals surface area contributed by atoms with Crippen LogP contribution in [0.25, 0.3) is 0 Å². The van der Waals surface area contributed by atoms with Crippen LogP contribution in [0.1, 0.15) is 38.2 Å². The second-order valence-electron chi connectivity index (χ2n) is 8.11. The first-order chi connectivity index (χ1) is 14.8. The molecule has 1 amide bonds. The Kier molecular flexibility index (Phi) is 5.69. The molecule has 1 aliphatic heterocycles. The van der Waals surface area contributed by atoms with Crippen molar-refractivity contribution in [3.63, 3.8) is 0 Å². The molecule has 1 heterocycles. The number of sulfonamides is 1. The van der Waals surface area contributed by atoms with Crippen LogP contribution in [-0.4, -0.2) is 25.2 Å². The number of fused-ring (bicyclic) bond motifs is 1. The van der Waals surface area contributed by atoms with Crippen LogP contribution in [0.4, 0.5) is 5.69 Å². The molecule has 0 saturated heterocycles. The average molecular weight is 435 g/mol. The van der Waals surface area contributed by atoms with Gasteiger partial charge in [-0.25, -0.2) is 8.42 Å². The van der Waals surface area contributed by atoms with E-state index in [9.17, 15) is 13.2 Å². The van der Waals surface area contributed by atoms with E-state index in [0.717, 1.165) is 27.9 Å². The number of benzene rings is 3. The van der Waals surface area contributed by atoms with Gasteiger partial charge in [0.1, 0.15) is 0 Å². The third-order valence-electron chi connectivity index (χ3n) is 5.75. The lowest BCUT2D eigenvalue weighted by Gasteiger charge is -2.28. The molecule has 1 aliphatic rings. The summed E-state index contributed by atoms with van der Waals surface area (Å²) in [5, 5.41) is 2.95. The third-order valence-corrected chi connectivity index (χ3v) is 7.59. The van der Waals surface area contributed by atoms with E-state index in [0.29, 0.717) is 25.1 Å². The zero-order valence-electron chi connectivity index (χ0n) is 18.0. The van der Waals surface area contributed by atoms with Gasteiger partial charge in [-0.2, -0.15) is 4.31 Å². The number of nitrogens with one attached hydrogen (secondary N) is 1. The number of nitrogens with zero attached hydrogens (tertiary/aromatic N) is 1. The maximum Gasteiger partial charge on any atom is 0.255 e. The van der Waals surface area contributed by atoms with Crippen molar-refractivity contribution >= 4 is 21.6 Å². The molecule has 3 aromatic carbocycles. The van der Waals surface area contributed by atoms with Crippen LogP contribution < -0.4 is 5.32 Å². The van der Waals surface area contributed by atoms with Crippen LogP contribution in [-0.2, 0) is 23.0 Å². The summed E-state index contributed by atoms with van der Waals surface area (Å²) >= 11 is 0. The zero-order valence-corrected chi connectivity index (χ0v) is 18.8. The number of carbonyl (C=O) groups excluding carboxylic acids is 1. The monoisotopic (exact) mass is 434 g/mol. The molecule has 0 atom stereocenters. The number of carbonyl (C=O) groups is 1. The summed E-state index contributed by atoms with van der Waals surface area (Å²) in [6, 6.07) is 18.2. The van der Waals surface area contributed by atoms with Crippen LogP contribution in [0.15, 0.2) is 65.6 Å². The Morgan fingerprint density at radius 1 is 0.903 bits per heavy atom. The molecule has 31 heavy (non-hydrogen) atoms. The third kappa shape index (κ3) is 4.27. The van der Waals surface area contributed by atoms with Gasteiger partial charge < -0.3 is 5.32 Å². The van der Waals surface area contributed by atoms with Crippen molar-refractivity contribution in [3.05, 3.63) is 94.0 Å². The summed E-state index contributed by atoms with van der Waals surface area (Å²) in [6.07, 6.45) is 0.682. The Hall–Kier alpha value is -2.96. The Balaban J connectivity index is 1.59. The molecular weight excluding hydrogens is 408 g/mol. The van der Waals surface area contributed by atoms with Crippen LogP contribution in [0.5, 0.6) is 0 Å². The first kappa shape index (κ1) is 21.3. The van der Waals surface area contributed by atoms with Gasteiger partial charge in [0, 0.05) is 24.3 Å². The van der Waals surface area contributed by atoms with Crippen molar-refractivity contribution in [2.24, 2.45) is 0 Å². The van der Waals surface area contributed by atoms with E-state index in [2.05, 4.69) is 5.32 Å². The second kappa shape index (κ2) is 8.29. The highest BCUT2D eigenvalue weighted by atomic mass is 32.2. The van der Waals surface area contributed by atoms with Crippen molar-refractivity contribution in [2.45, 2.75) is 38.6 Å². The molecule has 0 aliphatic carbocycles. The molecule has 4 rings (SSSR count). The number of anilines is 1. The van der Waals surface area contributed by atoms with E-state index < -0.39 is 10.0 Å². The summed E-state index contributed by atoms with van der Waals surface area (Å²) in [7, 11) is -3.70. The smallest absolute Gasteiger partial charge is 0.255 e. The van der Waals surface area contributed by atoms with E-state index >= 15 is 0 Å². The summed E-state index contributed by atoms with van der Waals surface area (Å²) in [4.78, 5) is 13.0. The summed E-state index contributed by atoms with van der Waals surface area (Å²) in [5.74, 6) is -0.323. The first-order valence-electron chi connectivity index (χ1n) is 10.3. The molecule has 0 fully saturated rings. The van der Waals surface area contributed by atoms with Crippen LogP contribution in [0.2, 0.25) is 0 Å². The molecule has 6 heteroatoms. The normalized spacial score (nSPS) is 14.2. The van der Waals surface area contributed by atoms with Crippen molar-refractivity contribution in [1.29, 1.82) is 0 Å². The maximum absolute atomic E-state index is 13.3. The van der Waals surface area contributed by atoms with Crippen molar-refractivity contribution in [1.82, 2.24) is 4.31 Å². The lowest BCUT2D eigenvalue weighted by molar-refractivity contribution is 0.102. The SMILES string of the molecule is Cc1cc(C)c(NC(=O)c2cccc(S(=O)(=O)N3CCc4ccccc4C3)c2)c(C)c1. The number of aryl methyl sites for hydroxylation is 3. The van der Waals surface area contributed by atoms with Gasteiger partial charge in [-0.05, 0) is 67.6 Å². The molecule has 0 radical (unpaired) electrons. The standard InChI is InChI=1S/C25H26N2O3S/c1-17-13-18(2)24(19(3)14-17)26-25(28)21-9-6-10-23(15-21)31(29,30)27-12-11-20-7-4-5-8-22(20)16-27/h4-10,13-15H,11-12,16H2,1-3H3,(H,26,28). The first-order valence-corrected chi connectivity index (χ1v) is 11.8. The average Bonchev–Trinajstić information content (AvgIpc) is 2.75. The van der Waals surface area contributed by atoms with Gasteiger partial charge in [-0.3, -0.25) is 4.79 Å². The van der Waals surface area contributed by atoms with Gasteiger partial charge in [-0.15, -0.1) is 0 Å². The highest BCUT2D eigenvalue weighted by Gasteiger charge is 2.28. The topological polar surface area (TPSA) is 66.5 Å². The predicted octanol–water partition coefficient (Wildman–Crippen LogP) is 4.61. The largest absolute Gasteiger partial charge is 0.322 e.